The molecule has 2 N–H and O–H groups in total. The molecule has 2 rings (SSSR count). The lowest BCUT2D eigenvalue weighted by Gasteiger charge is -2.37. The first kappa shape index (κ1) is 16.0. The average molecular weight is 295 g/mol. The molecule has 1 amide bonds. The molecule has 0 spiro atoms. The van der Waals surface area contributed by atoms with E-state index in [1.54, 1.807) is 13.2 Å². The van der Waals surface area contributed by atoms with Crippen LogP contribution in [0.1, 0.15) is 48.9 Å². The molecule has 1 aromatic rings. The Morgan fingerprint density at radius 3 is 2.81 bits per heavy atom. The summed E-state index contributed by atoms with van der Waals surface area (Å²) in [7, 11) is 1.71. The average Bonchev–Trinajstić information content (AvgIpc) is 2.96. The molecule has 0 atom stereocenters. The van der Waals surface area contributed by atoms with Crippen LogP contribution >= 0.6 is 0 Å². The van der Waals surface area contributed by atoms with Crippen LogP contribution < -0.4 is 10.6 Å². The maximum Gasteiger partial charge on any atom is 0.289 e. The van der Waals surface area contributed by atoms with Crippen LogP contribution in [0, 0.1) is 5.41 Å². The summed E-state index contributed by atoms with van der Waals surface area (Å²) >= 11 is 0. The minimum Gasteiger partial charge on any atom is -0.384 e. The first-order chi connectivity index (χ1) is 10.1. The fraction of sp³-hybridized carbons (Fsp3) is 0.733. The SMILES string of the molecule is COCC1(CNC(=O)c2cc(C(C)C)no2)CCNCC1. The van der Waals surface area contributed by atoms with Gasteiger partial charge in [-0.2, -0.15) is 0 Å². The summed E-state index contributed by atoms with van der Waals surface area (Å²) in [6.07, 6.45) is 1.99. The van der Waals surface area contributed by atoms with Crippen LogP contribution in [0.4, 0.5) is 0 Å². The summed E-state index contributed by atoms with van der Waals surface area (Å²) < 4.78 is 10.5. The van der Waals surface area contributed by atoms with E-state index in [0.29, 0.717) is 13.2 Å². The summed E-state index contributed by atoms with van der Waals surface area (Å²) in [5.41, 5.74) is 0.810. The number of ether oxygens (including phenoxy) is 1. The van der Waals surface area contributed by atoms with Crippen molar-refractivity contribution in [3.05, 3.63) is 17.5 Å². The third-order valence-corrected chi connectivity index (χ3v) is 4.08. The molecule has 1 aromatic heterocycles. The Balaban J connectivity index is 1.94. The van der Waals surface area contributed by atoms with Gasteiger partial charge in [0.15, 0.2) is 0 Å². The van der Waals surface area contributed by atoms with Gasteiger partial charge in [0.05, 0.1) is 12.3 Å². The summed E-state index contributed by atoms with van der Waals surface area (Å²) in [4.78, 5) is 12.2. The second kappa shape index (κ2) is 7.04. The maximum atomic E-state index is 12.2. The number of carbonyl (C=O) groups is 1. The molecular formula is C15H25N3O3. The lowest BCUT2D eigenvalue weighted by molar-refractivity contribution is 0.0504. The van der Waals surface area contributed by atoms with Gasteiger partial charge >= 0.3 is 0 Å². The highest BCUT2D eigenvalue weighted by Crippen LogP contribution is 2.28. The zero-order chi connectivity index (χ0) is 15.3. The second-order valence-corrected chi connectivity index (χ2v) is 6.14. The lowest BCUT2D eigenvalue weighted by Crippen LogP contribution is -2.47. The number of nitrogens with one attached hydrogen (secondary N) is 2. The first-order valence-corrected chi connectivity index (χ1v) is 7.51. The number of methoxy groups -OCH3 is 1. The molecule has 0 unspecified atom stereocenters. The molecule has 2 heterocycles. The van der Waals surface area contributed by atoms with Gasteiger partial charge in [0.1, 0.15) is 0 Å². The molecule has 1 fully saturated rings. The van der Waals surface area contributed by atoms with Gasteiger partial charge in [-0.25, -0.2) is 0 Å². The minimum atomic E-state index is -0.205. The fourth-order valence-electron chi connectivity index (χ4n) is 2.66. The highest BCUT2D eigenvalue weighted by atomic mass is 16.5. The number of hydrogen-bond donors (Lipinski definition) is 2. The van der Waals surface area contributed by atoms with Crippen LogP contribution in [0.2, 0.25) is 0 Å². The molecular weight excluding hydrogens is 270 g/mol. The number of nitrogens with zero attached hydrogens (tertiary/aromatic N) is 1. The number of rotatable bonds is 6. The highest BCUT2D eigenvalue weighted by Gasteiger charge is 2.33. The number of hydrogen-bond acceptors (Lipinski definition) is 5. The van der Waals surface area contributed by atoms with Crippen LogP contribution in [0.3, 0.4) is 0 Å². The van der Waals surface area contributed by atoms with Gasteiger partial charge in [0, 0.05) is 25.1 Å². The molecule has 0 radical (unpaired) electrons. The molecule has 6 heteroatoms. The Hall–Kier alpha value is -1.40. The summed E-state index contributed by atoms with van der Waals surface area (Å²) in [5.74, 6) is 0.322. The van der Waals surface area contributed by atoms with Crippen LogP contribution in [0.15, 0.2) is 10.6 Å². The quantitative estimate of drug-likeness (QED) is 0.832. The van der Waals surface area contributed by atoms with Gasteiger partial charge in [-0.3, -0.25) is 4.79 Å². The Bertz CT molecular complexity index is 459. The highest BCUT2D eigenvalue weighted by molar-refractivity contribution is 5.91. The molecule has 6 nitrogen and oxygen atoms in total. The van der Waals surface area contributed by atoms with Gasteiger partial charge < -0.3 is 19.9 Å². The van der Waals surface area contributed by atoms with Crippen molar-refractivity contribution in [2.24, 2.45) is 5.41 Å². The molecule has 21 heavy (non-hydrogen) atoms. The van der Waals surface area contributed by atoms with E-state index in [1.807, 2.05) is 13.8 Å². The van der Waals surface area contributed by atoms with Crippen molar-refractivity contribution in [1.82, 2.24) is 15.8 Å². The van der Waals surface area contributed by atoms with Gasteiger partial charge in [0.25, 0.3) is 5.91 Å². The van der Waals surface area contributed by atoms with E-state index in [4.69, 9.17) is 9.26 Å². The summed E-state index contributed by atoms with van der Waals surface area (Å²) in [5, 5.41) is 10.2. The largest absolute Gasteiger partial charge is 0.384 e. The normalized spacial score (nSPS) is 17.9. The smallest absolute Gasteiger partial charge is 0.289 e. The third kappa shape index (κ3) is 4.04. The molecule has 0 aromatic carbocycles. The standard InChI is InChI=1S/C15H25N3O3/c1-11(2)12-8-13(21-18-12)14(19)17-9-15(10-20-3)4-6-16-7-5-15/h8,11,16H,4-7,9-10H2,1-3H3,(H,17,19). The fourth-order valence-corrected chi connectivity index (χ4v) is 2.66. The van der Waals surface area contributed by atoms with Crippen molar-refractivity contribution >= 4 is 5.91 Å². The summed E-state index contributed by atoms with van der Waals surface area (Å²) in [6.45, 7) is 7.20. The van der Waals surface area contributed by atoms with Crippen molar-refractivity contribution < 1.29 is 14.1 Å². The molecule has 1 saturated heterocycles. The molecule has 118 valence electrons. The Morgan fingerprint density at radius 1 is 1.52 bits per heavy atom. The van der Waals surface area contributed by atoms with E-state index in [-0.39, 0.29) is 23.0 Å². The Morgan fingerprint density at radius 2 is 2.24 bits per heavy atom. The van der Waals surface area contributed by atoms with Crippen LogP contribution in [-0.2, 0) is 4.74 Å². The molecule has 0 saturated carbocycles. The first-order valence-electron chi connectivity index (χ1n) is 7.51. The van der Waals surface area contributed by atoms with E-state index in [0.717, 1.165) is 31.6 Å². The monoisotopic (exact) mass is 295 g/mol. The van der Waals surface area contributed by atoms with E-state index >= 15 is 0 Å². The Labute approximate surface area is 125 Å². The molecule has 1 aliphatic rings. The number of amides is 1. The predicted octanol–water partition coefficient (Wildman–Crippen LogP) is 1.54. The van der Waals surface area contributed by atoms with Gasteiger partial charge in [-0.15, -0.1) is 0 Å². The van der Waals surface area contributed by atoms with E-state index in [2.05, 4.69) is 15.8 Å². The van der Waals surface area contributed by atoms with Crippen molar-refractivity contribution in [3.63, 3.8) is 0 Å². The third-order valence-electron chi connectivity index (χ3n) is 4.08. The number of carbonyl (C=O) groups excluding carboxylic acids is 1. The zero-order valence-electron chi connectivity index (χ0n) is 13.1. The van der Waals surface area contributed by atoms with Gasteiger partial charge in [0.2, 0.25) is 5.76 Å². The molecule has 0 aliphatic carbocycles. The topological polar surface area (TPSA) is 76.4 Å². The maximum absolute atomic E-state index is 12.2. The summed E-state index contributed by atoms with van der Waals surface area (Å²) in [6, 6.07) is 1.71. The minimum absolute atomic E-state index is 0.0105. The van der Waals surface area contributed by atoms with Gasteiger partial charge in [-0.1, -0.05) is 19.0 Å². The van der Waals surface area contributed by atoms with Crippen LogP contribution in [0.5, 0.6) is 0 Å². The van der Waals surface area contributed by atoms with Crippen molar-refractivity contribution in [3.8, 4) is 0 Å². The van der Waals surface area contributed by atoms with Crippen molar-refractivity contribution in [2.45, 2.75) is 32.6 Å². The van der Waals surface area contributed by atoms with E-state index in [1.165, 1.54) is 0 Å². The number of piperidine rings is 1. The van der Waals surface area contributed by atoms with Crippen molar-refractivity contribution in [1.29, 1.82) is 0 Å². The number of aromatic nitrogens is 1. The lowest BCUT2D eigenvalue weighted by atomic mass is 9.79. The zero-order valence-corrected chi connectivity index (χ0v) is 13.1. The Kier molecular flexibility index (Phi) is 5.36. The second-order valence-electron chi connectivity index (χ2n) is 6.14. The molecule has 0 bridgehead atoms. The van der Waals surface area contributed by atoms with Crippen LogP contribution in [-0.4, -0.2) is 44.4 Å². The van der Waals surface area contributed by atoms with E-state index < -0.39 is 0 Å². The van der Waals surface area contributed by atoms with Gasteiger partial charge in [-0.05, 0) is 31.8 Å². The van der Waals surface area contributed by atoms with E-state index in [9.17, 15) is 4.79 Å². The molecule has 1 aliphatic heterocycles. The van der Waals surface area contributed by atoms with Crippen molar-refractivity contribution in [2.75, 3.05) is 33.4 Å². The predicted molar refractivity (Wildman–Crippen MR) is 79.3 cm³/mol. The van der Waals surface area contributed by atoms with Crippen LogP contribution in [0.25, 0.3) is 0 Å².